The summed E-state index contributed by atoms with van der Waals surface area (Å²) in [6.45, 7) is 0. The van der Waals surface area contributed by atoms with Gasteiger partial charge in [0.2, 0.25) is 0 Å². The number of carbonyl (C=O) groups is 1. The molecule has 1 aromatic carbocycles. The molecule has 0 amide bonds. The number of benzene rings is 1. The Morgan fingerprint density at radius 2 is 2.15 bits per heavy atom. The minimum atomic E-state index is -1.12. The van der Waals surface area contributed by atoms with Crippen molar-refractivity contribution in [3.05, 3.63) is 52.4 Å². The van der Waals surface area contributed by atoms with Gasteiger partial charge < -0.3 is 9.84 Å². The van der Waals surface area contributed by atoms with Gasteiger partial charge in [0.05, 0.1) is 18.0 Å². The predicted molar refractivity (Wildman–Crippen MR) is 72.5 cm³/mol. The summed E-state index contributed by atoms with van der Waals surface area (Å²) in [5.41, 5.74) is 0.224. The van der Waals surface area contributed by atoms with Crippen LogP contribution in [0.5, 0.6) is 5.75 Å². The Morgan fingerprint density at radius 1 is 1.35 bits per heavy atom. The van der Waals surface area contributed by atoms with Crippen molar-refractivity contribution in [2.24, 2.45) is 0 Å². The van der Waals surface area contributed by atoms with Crippen molar-refractivity contribution < 1.29 is 14.6 Å². The molecule has 100 valence electrons. The zero-order chi connectivity index (χ0) is 14.3. The van der Waals surface area contributed by atoms with Crippen molar-refractivity contribution >= 4 is 22.5 Å². The van der Waals surface area contributed by atoms with E-state index in [1.54, 1.807) is 18.2 Å². The molecule has 2 heterocycles. The Hall–Kier alpha value is -2.89. The molecule has 0 saturated heterocycles. The summed E-state index contributed by atoms with van der Waals surface area (Å²) in [6.07, 6.45) is 1.50. The molecule has 2 aromatic heterocycles. The zero-order valence-electron chi connectivity index (χ0n) is 10.5. The van der Waals surface area contributed by atoms with Crippen LogP contribution >= 0.6 is 0 Å². The van der Waals surface area contributed by atoms with Crippen LogP contribution in [0.25, 0.3) is 16.6 Å². The number of methoxy groups -OCH3 is 1. The highest BCUT2D eigenvalue weighted by molar-refractivity contribution is 5.95. The third-order valence-corrected chi connectivity index (χ3v) is 3.08. The molecule has 0 saturated carbocycles. The Labute approximate surface area is 112 Å². The van der Waals surface area contributed by atoms with E-state index < -0.39 is 5.97 Å². The molecular formula is C14H10N2O4. The second-order valence-electron chi connectivity index (χ2n) is 4.22. The first-order chi connectivity index (χ1) is 9.61. The first-order valence-corrected chi connectivity index (χ1v) is 5.84. The molecule has 6 nitrogen and oxygen atoms in total. The molecule has 1 N–H and O–H groups in total. The summed E-state index contributed by atoms with van der Waals surface area (Å²) in [4.78, 5) is 27.9. The number of hydrogen-bond acceptors (Lipinski definition) is 4. The second kappa shape index (κ2) is 4.34. The topological polar surface area (TPSA) is 80.9 Å². The van der Waals surface area contributed by atoms with Gasteiger partial charge in [0.25, 0.3) is 5.56 Å². The van der Waals surface area contributed by atoms with E-state index >= 15 is 0 Å². The lowest BCUT2D eigenvalue weighted by Crippen LogP contribution is -2.17. The quantitative estimate of drug-likeness (QED) is 0.714. The van der Waals surface area contributed by atoms with Crippen LogP contribution in [0.3, 0.4) is 0 Å². The summed E-state index contributed by atoms with van der Waals surface area (Å²) in [5, 5.41) is 9.53. The van der Waals surface area contributed by atoms with Gasteiger partial charge in [-0.2, -0.15) is 0 Å². The molecule has 3 rings (SSSR count). The molecular weight excluding hydrogens is 260 g/mol. The van der Waals surface area contributed by atoms with Crippen LogP contribution in [0.4, 0.5) is 0 Å². The standard InChI is InChI=1S/C14H10N2O4/c1-20-8-4-5-11-10(7-8)13(17)16-6-2-3-9(14(18)19)12(16)15-11/h2-7H,1H3,(H,18,19). The highest BCUT2D eigenvalue weighted by Gasteiger charge is 2.13. The van der Waals surface area contributed by atoms with E-state index in [9.17, 15) is 9.59 Å². The smallest absolute Gasteiger partial charge is 0.339 e. The van der Waals surface area contributed by atoms with Crippen LogP contribution in [0.1, 0.15) is 10.4 Å². The Bertz CT molecular complexity index is 899. The average Bonchev–Trinajstić information content (AvgIpc) is 2.46. The number of aromatic carboxylic acids is 1. The summed E-state index contributed by atoms with van der Waals surface area (Å²) in [6, 6.07) is 7.82. The van der Waals surface area contributed by atoms with Crippen LogP contribution in [-0.4, -0.2) is 27.6 Å². The van der Waals surface area contributed by atoms with Gasteiger partial charge in [-0.05, 0) is 30.3 Å². The number of pyridine rings is 1. The molecule has 0 unspecified atom stereocenters. The van der Waals surface area contributed by atoms with Gasteiger partial charge >= 0.3 is 5.97 Å². The maximum atomic E-state index is 12.4. The van der Waals surface area contributed by atoms with Crippen molar-refractivity contribution in [2.75, 3.05) is 7.11 Å². The first-order valence-electron chi connectivity index (χ1n) is 5.84. The fourth-order valence-corrected chi connectivity index (χ4v) is 2.10. The van der Waals surface area contributed by atoms with E-state index in [0.29, 0.717) is 16.7 Å². The fourth-order valence-electron chi connectivity index (χ4n) is 2.10. The van der Waals surface area contributed by atoms with E-state index in [2.05, 4.69) is 4.98 Å². The molecule has 20 heavy (non-hydrogen) atoms. The Morgan fingerprint density at radius 3 is 2.85 bits per heavy atom. The summed E-state index contributed by atoms with van der Waals surface area (Å²) >= 11 is 0. The summed E-state index contributed by atoms with van der Waals surface area (Å²) in [7, 11) is 1.51. The SMILES string of the molecule is COc1ccc2nc3c(C(=O)O)cccn3c(=O)c2c1. The molecule has 0 fully saturated rings. The van der Waals surface area contributed by atoms with E-state index in [0.717, 1.165) is 0 Å². The number of hydrogen-bond donors (Lipinski definition) is 1. The molecule has 0 atom stereocenters. The van der Waals surface area contributed by atoms with Crippen molar-refractivity contribution in [1.29, 1.82) is 0 Å². The van der Waals surface area contributed by atoms with Crippen LogP contribution in [-0.2, 0) is 0 Å². The van der Waals surface area contributed by atoms with Gasteiger partial charge in [0.1, 0.15) is 11.3 Å². The second-order valence-corrected chi connectivity index (χ2v) is 4.22. The van der Waals surface area contributed by atoms with Gasteiger partial charge in [-0.25, -0.2) is 9.78 Å². The van der Waals surface area contributed by atoms with Gasteiger partial charge in [-0.1, -0.05) is 0 Å². The molecule has 0 radical (unpaired) electrons. The summed E-state index contributed by atoms with van der Waals surface area (Å²) in [5.74, 6) is -0.575. The Kier molecular flexibility index (Phi) is 2.64. The molecule has 0 spiro atoms. The highest BCUT2D eigenvalue weighted by Crippen LogP contribution is 2.18. The third-order valence-electron chi connectivity index (χ3n) is 3.08. The van der Waals surface area contributed by atoms with E-state index in [1.807, 2.05) is 0 Å². The number of fused-ring (bicyclic) bond motifs is 2. The fraction of sp³-hybridized carbons (Fsp3) is 0.0714. The largest absolute Gasteiger partial charge is 0.497 e. The first kappa shape index (κ1) is 12.2. The number of aromatic nitrogens is 2. The van der Waals surface area contributed by atoms with E-state index in [4.69, 9.17) is 9.84 Å². The molecule has 0 bridgehead atoms. The minimum Gasteiger partial charge on any atom is -0.497 e. The average molecular weight is 270 g/mol. The number of carboxylic acid groups (broad SMARTS) is 1. The maximum absolute atomic E-state index is 12.4. The van der Waals surface area contributed by atoms with Crippen LogP contribution < -0.4 is 10.3 Å². The number of rotatable bonds is 2. The van der Waals surface area contributed by atoms with Crippen molar-refractivity contribution in [3.8, 4) is 5.75 Å². The van der Waals surface area contributed by atoms with Gasteiger partial charge in [0, 0.05) is 6.20 Å². The highest BCUT2D eigenvalue weighted by atomic mass is 16.5. The van der Waals surface area contributed by atoms with Gasteiger partial charge in [-0.15, -0.1) is 0 Å². The van der Waals surface area contributed by atoms with Crippen LogP contribution in [0.2, 0.25) is 0 Å². The molecule has 3 aromatic rings. The lowest BCUT2D eigenvalue weighted by atomic mass is 10.2. The van der Waals surface area contributed by atoms with Crippen molar-refractivity contribution in [3.63, 3.8) is 0 Å². The lowest BCUT2D eigenvalue weighted by molar-refractivity contribution is 0.0698. The Balaban J connectivity index is 2.50. The van der Waals surface area contributed by atoms with E-state index in [-0.39, 0.29) is 16.8 Å². The number of nitrogens with zero attached hydrogens (tertiary/aromatic N) is 2. The normalized spacial score (nSPS) is 10.8. The maximum Gasteiger partial charge on any atom is 0.339 e. The van der Waals surface area contributed by atoms with Crippen LogP contribution in [0.15, 0.2) is 41.3 Å². The van der Waals surface area contributed by atoms with Crippen LogP contribution in [0, 0.1) is 0 Å². The van der Waals surface area contributed by atoms with Crippen molar-refractivity contribution in [1.82, 2.24) is 9.38 Å². The summed E-state index contributed by atoms with van der Waals surface area (Å²) < 4.78 is 6.31. The number of ether oxygens (including phenoxy) is 1. The lowest BCUT2D eigenvalue weighted by Gasteiger charge is -2.06. The predicted octanol–water partition coefficient (Wildman–Crippen LogP) is 1.55. The zero-order valence-corrected chi connectivity index (χ0v) is 10.5. The molecule has 6 heteroatoms. The van der Waals surface area contributed by atoms with Gasteiger partial charge in [-0.3, -0.25) is 9.20 Å². The number of carboxylic acids is 1. The van der Waals surface area contributed by atoms with Crippen molar-refractivity contribution in [2.45, 2.75) is 0 Å². The monoisotopic (exact) mass is 270 g/mol. The minimum absolute atomic E-state index is 0.0117. The molecule has 0 aliphatic rings. The third kappa shape index (κ3) is 1.70. The molecule has 0 aliphatic carbocycles. The van der Waals surface area contributed by atoms with E-state index in [1.165, 1.54) is 29.8 Å². The van der Waals surface area contributed by atoms with Gasteiger partial charge in [0.15, 0.2) is 5.65 Å². The molecule has 0 aliphatic heterocycles.